The van der Waals surface area contributed by atoms with E-state index >= 15 is 0 Å². The Balaban J connectivity index is 1.92. The Morgan fingerprint density at radius 1 is 1.10 bits per heavy atom. The summed E-state index contributed by atoms with van der Waals surface area (Å²) in [4.78, 5) is 11.8. The van der Waals surface area contributed by atoms with Crippen molar-refractivity contribution in [3.05, 3.63) is 93.8 Å². The van der Waals surface area contributed by atoms with Gasteiger partial charge >= 0.3 is 5.97 Å². The number of hydrogen-bond donors (Lipinski definition) is 2. The van der Waals surface area contributed by atoms with Gasteiger partial charge < -0.3 is 5.11 Å². The SMILES string of the molecule is CC/C(=C(/c1csc(/C=C/C(=O)O)c1)c1ccc2[nH]ncc2c1)c1ccccc1. The molecule has 0 bridgehead atoms. The molecule has 2 N–H and O–H groups in total. The van der Waals surface area contributed by atoms with Crippen molar-refractivity contribution < 1.29 is 9.90 Å². The number of nitrogens with one attached hydrogen (secondary N) is 1. The summed E-state index contributed by atoms with van der Waals surface area (Å²) in [5.41, 5.74) is 6.80. The molecule has 4 aromatic rings. The van der Waals surface area contributed by atoms with Gasteiger partial charge in [-0.2, -0.15) is 5.10 Å². The maximum atomic E-state index is 10.9. The van der Waals surface area contributed by atoms with Crippen LogP contribution in [0.15, 0.2) is 72.3 Å². The Labute approximate surface area is 172 Å². The number of rotatable bonds is 6. The van der Waals surface area contributed by atoms with Gasteiger partial charge in [0, 0.05) is 16.3 Å². The Morgan fingerprint density at radius 3 is 2.69 bits per heavy atom. The number of aromatic amines is 1. The lowest BCUT2D eigenvalue weighted by Crippen LogP contribution is -1.94. The molecule has 0 saturated carbocycles. The molecule has 0 unspecified atom stereocenters. The largest absolute Gasteiger partial charge is 0.478 e. The van der Waals surface area contributed by atoms with Crippen molar-refractivity contribution in [1.29, 1.82) is 0 Å². The van der Waals surface area contributed by atoms with Gasteiger partial charge in [0.25, 0.3) is 0 Å². The van der Waals surface area contributed by atoms with Crippen LogP contribution in [0.2, 0.25) is 0 Å². The molecule has 0 amide bonds. The van der Waals surface area contributed by atoms with E-state index in [0.717, 1.165) is 38.9 Å². The predicted molar refractivity (Wildman–Crippen MR) is 120 cm³/mol. The van der Waals surface area contributed by atoms with Crippen molar-refractivity contribution in [2.75, 3.05) is 0 Å². The topological polar surface area (TPSA) is 66.0 Å². The van der Waals surface area contributed by atoms with E-state index in [-0.39, 0.29) is 0 Å². The summed E-state index contributed by atoms with van der Waals surface area (Å²) in [5, 5.41) is 19.2. The summed E-state index contributed by atoms with van der Waals surface area (Å²) in [6.07, 6.45) is 5.52. The highest BCUT2D eigenvalue weighted by molar-refractivity contribution is 7.11. The predicted octanol–water partition coefficient (Wildman–Crippen LogP) is 6.09. The minimum Gasteiger partial charge on any atom is -0.478 e. The monoisotopic (exact) mass is 400 g/mol. The van der Waals surface area contributed by atoms with Crippen LogP contribution in [0.3, 0.4) is 0 Å². The highest BCUT2D eigenvalue weighted by atomic mass is 32.1. The minimum atomic E-state index is -0.945. The molecule has 29 heavy (non-hydrogen) atoms. The number of fused-ring (bicyclic) bond motifs is 1. The molecular formula is C24H20N2O2S. The van der Waals surface area contributed by atoms with E-state index < -0.39 is 5.97 Å². The van der Waals surface area contributed by atoms with Crippen LogP contribution in [0.1, 0.15) is 34.9 Å². The fourth-order valence-corrected chi connectivity index (χ4v) is 4.29. The molecule has 0 aliphatic carbocycles. The second-order valence-electron chi connectivity index (χ2n) is 6.65. The van der Waals surface area contributed by atoms with Crippen LogP contribution >= 0.6 is 11.3 Å². The van der Waals surface area contributed by atoms with Gasteiger partial charge in [-0.15, -0.1) is 11.3 Å². The van der Waals surface area contributed by atoms with E-state index in [0.29, 0.717) is 0 Å². The van der Waals surface area contributed by atoms with Gasteiger partial charge in [0.05, 0.1) is 11.7 Å². The minimum absolute atomic E-state index is 0.874. The van der Waals surface area contributed by atoms with Gasteiger partial charge in [-0.25, -0.2) is 4.79 Å². The second-order valence-corrected chi connectivity index (χ2v) is 7.60. The number of nitrogens with zero attached hydrogens (tertiary/aromatic N) is 1. The summed E-state index contributed by atoms with van der Waals surface area (Å²) in [7, 11) is 0. The van der Waals surface area contributed by atoms with E-state index in [1.165, 1.54) is 17.2 Å². The fraction of sp³-hybridized carbons (Fsp3) is 0.0833. The maximum absolute atomic E-state index is 10.9. The third-order valence-corrected chi connectivity index (χ3v) is 5.70. The standard InChI is InChI=1S/C24H20N2O2S/c1-2-21(16-6-4-3-5-7-16)24(17-8-10-22-18(12-17)14-25-26-22)19-13-20(29-15-19)9-11-23(27)28/h3-15H,2H2,1H3,(H,25,26)(H,27,28)/b11-9+,24-21-. The van der Waals surface area contributed by atoms with E-state index in [1.807, 2.05) is 18.3 Å². The number of allylic oxidation sites excluding steroid dienone is 1. The summed E-state index contributed by atoms with van der Waals surface area (Å²) in [6, 6.07) is 18.8. The number of aliphatic carboxylic acids is 1. The first-order chi connectivity index (χ1) is 14.2. The average Bonchev–Trinajstić information content (AvgIpc) is 3.40. The first-order valence-electron chi connectivity index (χ1n) is 9.37. The number of hydrogen-bond acceptors (Lipinski definition) is 3. The number of H-pyrrole nitrogens is 1. The second kappa shape index (κ2) is 8.29. The van der Waals surface area contributed by atoms with Gasteiger partial charge in [-0.3, -0.25) is 5.10 Å². The zero-order valence-corrected chi connectivity index (χ0v) is 16.7. The van der Waals surface area contributed by atoms with Crippen LogP contribution in [0.25, 0.3) is 28.1 Å². The molecule has 2 heterocycles. The Hall–Kier alpha value is -3.44. The number of thiophene rings is 1. The first kappa shape index (κ1) is 18.9. The molecule has 4 nitrogen and oxygen atoms in total. The molecule has 2 aromatic carbocycles. The smallest absolute Gasteiger partial charge is 0.328 e. The number of benzene rings is 2. The molecular weight excluding hydrogens is 380 g/mol. The summed E-state index contributed by atoms with van der Waals surface area (Å²) in [5.74, 6) is -0.945. The molecule has 0 fully saturated rings. The van der Waals surface area contributed by atoms with Gasteiger partial charge in [-0.05, 0) is 63.9 Å². The van der Waals surface area contributed by atoms with E-state index in [2.05, 4.69) is 65.0 Å². The van der Waals surface area contributed by atoms with Crippen molar-refractivity contribution in [2.24, 2.45) is 0 Å². The highest BCUT2D eigenvalue weighted by Gasteiger charge is 2.15. The van der Waals surface area contributed by atoms with Crippen LogP contribution in [-0.4, -0.2) is 21.3 Å². The molecule has 0 saturated heterocycles. The maximum Gasteiger partial charge on any atom is 0.328 e. The van der Waals surface area contributed by atoms with E-state index in [4.69, 9.17) is 5.11 Å². The van der Waals surface area contributed by atoms with Crippen molar-refractivity contribution in [1.82, 2.24) is 10.2 Å². The molecule has 4 rings (SSSR count). The molecule has 0 radical (unpaired) electrons. The molecule has 144 valence electrons. The lowest BCUT2D eigenvalue weighted by Gasteiger charge is -2.15. The molecule has 0 aliphatic rings. The van der Waals surface area contributed by atoms with Crippen LogP contribution in [0.4, 0.5) is 0 Å². The molecule has 0 spiro atoms. The van der Waals surface area contributed by atoms with Gasteiger partial charge in [0.2, 0.25) is 0 Å². The van der Waals surface area contributed by atoms with Crippen LogP contribution in [0, 0.1) is 0 Å². The zero-order valence-electron chi connectivity index (χ0n) is 15.9. The quantitative estimate of drug-likeness (QED) is 0.304. The molecule has 0 aliphatic heterocycles. The Morgan fingerprint density at radius 2 is 1.93 bits per heavy atom. The van der Waals surface area contributed by atoms with Crippen LogP contribution < -0.4 is 0 Å². The van der Waals surface area contributed by atoms with Gasteiger partial charge in [0.1, 0.15) is 0 Å². The summed E-state index contributed by atoms with van der Waals surface area (Å²) < 4.78 is 0. The third kappa shape index (κ3) is 4.05. The van der Waals surface area contributed by atoms with Gasteiger partial charge in [0.15, 0.2) is 0 Å². The first-order valence-corrected chi connectivity index (χ1v) is 10.3. The number of aromatic nitrogens is 2. The van der Waals surface area contributed by atoms with E-state index in [9.17, 15) is 4.79 Å². The number of carbonyl (C=O) groups is 1. The molecule has 2 aromatic heterocycles. The Kier molecular flexibility index (Phi) is 5.40. The summed E-state index contributed by atoms with van der Waals surface area (Å²) in [6.45, 7) is 2.16. The van der Waals surface area contributed by atoms with Crippen molar-refractivity contribution in [3.63, 3.8) is 0 Å². The third-order valence-electron chi connectivity index (χ3n) is 4.81. The number of carboxylic acids is 1. The lowest BCUT2D eigenvalue weighted by atomic mass is 9.89. The summed E-state index contributed by atoms with van der Waals surface area (Å²) >= 11 is 1.54. The van der Waals surface area contributed by atoms with E-state index in [1.54, 1.807) is 17.4 Å². The Bertz CT molecular complexity index is 1220. The van der Waals surface area contributed by atoms with Crippen LogP contribution in [0.5, 0.6) is 0 Å². The molecule has 0 atom stereocenters. The zero-order chi connectivity index (χ0) is 20.2. The van der Waals surface area contributed by atoms with Crippen LogP contribution in [-0.2, 0) is 4.79 Å². The average molecular weight is 401 g/mol. The highest BCUT2D eigenvalue weighted by Crippen LogP contribution is 2.37. The molecule has 5 heteroatoms. The number of carboxylic acid groups (broad SMARTS) is 1. The van der Waals surface area contributed by atoms with Crippen molar-refractivity contribution in [2.45, 2.75) is 13.3 Å². The lowest BCUT2D eigenvalue weighted by molar-refractivity contribution is -0.131. The fourth-order valence-electron chi connectivity index (χ4n) is 3.50. The van der Waals surface area contributed by atoms with Gasteiger partial charge in [-0.1, -0.05) is 43.3 Å². The van der Waals surface area contributed by atoms with Crippen molar-refractivity contribution in [3.8, 4) is 0 Å². The normalized spacial score (nSPS) is 12.4. The van der Waals surface area contributed by atoms with Crippen molar-refractivity contribution >= 4 is 45.4 Å².